The Kier molecular flexibility index (Phi) is 4.65. The summed E-state index contributed by atoms with van der Waals surface area (Å²) in [5, 5.41) is 9.25. The van der Waals surface area contributed by atoms with Gasteiger partial charge < -0.3 is 5.32 Å². The lowest BCUT2D eigenvalue weighted by molar-refractivity contribution is -0.116. The number of amides is 1. The summed E-state index contributed by atoms with van der Waals surface area (Å²) in [6, 6.07) is 13.8. The second-order valence-corrected chi connectivity index (χ2v) is 6.02. The first kappa shape index (κ1) is 14.5. The molecule has 3 aromatic rings. The molecule has 0 saturated carbocycles. The van der Waals surface area contributed by atoms with Crippen LogP contribution in [0.15, 0.2) is 60.2 Å². The van der Waals surface area contributed by atoms with Gasteiger partial charge in [-0.25, -0.2) is 0 Å². The topological polar surface area (TPSA) is 46.9 Å². The molecule has 5 heteroatoms. The highest BCUT2D eigenvalue weighted by molar-refractivity contribution is 7.09. The fourth-order valence-electron chi connectivity index (χ4n) is 2.25. The molecule has 2 aromatic heterocycles. The van der Waals surface area contributed by atoms with Gasteiger partial charge in [0.25, 0.3) is 0 Å². The van der Waals surface area contributed by atoms with Gasteiger partial charge in [0.2, 0.25) is 5.91 Å². The van der Waals surface area contributed by atoms with E-state index in [4.69, 9.17) is 0 Å². The third-order valence-corrected chi connectivity index (χ3v) is 4.30. The van der Waals surface area contributed by atoms with Crippen LogP contribution in [0.2, 0.25) is 0 Å². The minimum Gasteiger partial charge on any atom is -0.326 e. The maximum atomic E-state index is 12.1. The van der Waals surface area contributed by atoms with Crippen molar-refractivity contribution in [2.45, 2.75) is 19.4 Å². The van der Waals surface area contributed by atoms with Gasteiger partial charge in [0.15, 0.2) is 0 Å². The van der Waals surface area contributed by atoms with Crippen LogP contribution in [0.1, 0.15) is 16.9 Å². The molecule has 4 nitrogen and oxygen atoms in total. The van der Waals surface area contributed by atoms with Crippen molar-refractivity contribution in [2.24, 2.45) is 0 Å². The van der Waals surface area contributed by atoms with Crippen LogP contribution in [-0.2, 0) is 17.8 Å². The monoisotopic (exact) mass is 311 g/mol. The average molecular weight is 311 g/mol. The van der Waals surface area contributed by atoms with Gasteiger partial charge in [-0.1, -0.05) is 24.3 Å². The molecular formula is C17H17N3OS. The van der Waals surface area contributed by atoms with Crippen molar-refractivity contribution in [3.8, 4) is 0 Å². The van der Waals surface area contributed by atoms with Gasteiger partial charge in [-0.15, -0.1) is 11.3 Å². The number of nitrogens with zero attached hydrogens (tertiary/aromatic N) is 2. The van der Waals surface area contributed by atoms with E-state index in [-0.39, 0.29) is 5.91 Å². The molecular weight excluding hydrogens is 294 g/mol. The Morgan fingerprint density at radius 2 is 2.09 bits per heavy atom. The van der Waals surface area contributed by atoms with Crippen molar-refractivity contribution >= 4 is 22.9 Å². The first-order valence-electron chi connectivity index (χ1n) is 7.19. The Labute approximate surface area is 133 Å². The minimum absolute atomic E-state index is 0.0429. The molecule has 0 unspecified atom stereocenters. The summed E-state index contributed by atoms with van der Waals surface area (Å²) in [7, 11) is 0. The van der Waals surface area contributed by atoms with Crippen molar-refractivity contribution in [1.82, 2.24) is 9.78 Å². The van der Waals surface area contributed by atoms with Crippen LogP contribution >= 0.6 is 11.3 Å². The van der Waals surface area contributed by atoms with E-state index in [1.54, 1.807) is 17.5 Å². The van der Waals surface area contributed by atoms with Gasteiger partial charge in [-0.05, 0) is 35.6 Å². The fourth-order valence-corrected chi connectivity index (χ4v) is 2.96. The summed E-state index contributed by atoms with van der Waals surface area (Å²) >= 11 is 1.69. The zero-order valence-corrected chi connectivity index (χ0v) is 12.9. The van der Waals surface area contributed by atoms with E-state index in [0.29, 0.717) is 13.0 Å². The third kappa shape index (κ3) is 3.83. The number of aromatic nitrogens is 2. The van der Waals surface area contributed by atoms with Gasteiger partial charge in [0, 0.05) is 29.4 Å². The maximum Gasteiger partial charge on any atom is 0.224 e. The molecule has 0 spiro atoms. The number of nitrogens with one attached hydrogen (secondary N) is 1. The van der Waals surface area contributed by atoms with E-state index >= 15 is 0 Å². The summed E-state index contributed by atoms with van der Waals surface area (Å²) in [4.78, 5) is 13.4. The predicted molar refractivity (Wildman–Crippen MR) is 89.0 cm³/mol. The van der Waals surface area contributed by atoms with Crippen LogP contribution in [0.4, 0.5) is 5.69 Å². The number of hydrogen-bond donors (Lipinski definition) is 1. The summed E-state index contributed by atoms with van der Waals surface area (Å²) in [6.45, 7) is 0.647. The number of carbonyl (C=O) groups is 1. The molecule has 0 atom stereocenters. The lowest BCUT2D eigenvalue weighted by Gasteiger charge is -2.11. The molecule has 0 aliphatic carbocycles. The largest absolute Gasteiger partial charge is 0.326 e. The summed E-state index contributed by atoms with van der Waals surface area (Å²) in [5.41, 5.74) is 1.91. The van der Waals surface area contributed by atoms with E-state index in [0.717, 1.165) is 17.7 Å². The molecule has 0 aliphatic heterocycles. The Bertz CT molecular complexity index is 720. The summed E-state index contributed by atoms with van der Waals surface area (Å²) in [6.07, 6.45) is 4.94. The number of benzene rings is 1. The lowest BCUT2D eigenvalue weighted by atomic mass is 10.1. The minimum atomic E-state index is 0.0429. The molecule has 0 fully saturated rings. The van der Waals surface area contributed by atoms with Gasteiger partial charge in [-0.3, -0.25) is 9.48 Å². The highest BCUT2D eigenvalue weighted by Gasteiger charge is 2.08. The van der Waals surface area contributed by atoms with E-state index < -0.39 is 0 Å². The Morgan fingerprint density at radius 1 is 1.18 bits per heavy atom. The summed E-state index contributed by atoms with van der Waals surface area (Å²) < 4.78 is 1.84. The number of anilines is 1. The Balaban J connectivity index is 1.63. The first-order chi connectivity index (χ1) is 10.8. The van der Waals surface area contributed by atoms with Gasteiger partial charge in [-0.2, -0.15) is 5.10 Å². The predicted octanol–water partition coefficient (Wildman–Crippen LogP) is 3.56. The second kappa shape index (κ2) is 7.04. The summed E-state index contributed by atoms with van der Waals surface area (Å²) in [5.74, 6) is 0.0429. The maximum absolute atomic E-state index is 12.1. The third-order valence-electron chi connectivity index (χ3n) is 3.36. The Hall–Kier alpha value is -2.40. The molecule has 0 saturated heterocycles. The van der Waals surface area contributed by atoms with Gasteiger partial charge in [0.1, 0.15) is 0 Å². The standard InChI is InChI=1S/C17H17N3OS/c21-17(9-8-15-6-3-12-22-15)19-16-7-2-1-5-14(16)13-20-11-4-10-18-20/h1-7,10-12H,8-9,13H2,(H,19,21). The number of para-hydroxylation sites is 1. The zero-order chi connectivity index (χ0) is 15.2. The smallest absolute Gasteiger partial charge is 0.224 e. The normalized spacial score (nSPS) is 10.5. The van der Waals surface area contributed by atoms with Gasteiger partial charge >= 0.3 is 0 Å². The Morgan fingerprint density at radius 3 is 2.86 bits per heavy atom. The van der Waals surface area contributed by atoms with Crippen molar-refractivity contribution in [1.29, 1.82) is 0 Å². The first-order valence-corrected chi connectivity index (χ1v) is 8.07. The molecule has 3 rings (SSSR count). The average Bonchev–Trinajstić information content (AvgIpc) is 3.20. The zero-order valence-electron chi connectivity index (χ0n) is 12.1. The highest BCUT2D eigenvalue weighted by atomic mass is 32.1. The van der Waals surface area contributed by atoms with Crippen LogP contribution in [0.25, 0.3) is 0 Å². The van der Waals surface area contributed by atoms with Crippen LogP contribution in [0.3, 0.4) is 0 Å². The number of aryl methyl sites for hydroxylation is 1. The number of carbonyl (C=O) groups excluding carboxylic acids is 1. The lowest BCUT2D eigenvalue weighted by Crippen LogP contribution is -2.14. The van der Waals surface area contributed by atoms with E-state index in [1.165, 1.54) is 4.88 Å². The SMILES string of the molecule is O=C(CCc1cccs1)Nc1ccccc1Cn1cccn1. The van der Waals surface area contributed by atoms with Crippen LogP contribution in [0.5, 0.6) is 0 Å². The van der Waals surface area contributed by atoms with E-state index in [2.05, 4.69) is 16.5 Å². The van der Waals surface area contributed by atoms with Crippen molar-refractivity contribution in [2.75, 3.05) is 5.32 Å². The number of rotatable bonds is 6. The molecule has 22 heavy (non-hydrogen) atoms. The highest BCUT2D eigenvalue weighted by Crippen LogP contribution is 2.17. The molecule has 0 aliphatic rings. The molecule has 1 amide bonds. The fraction of sp³-hybridized carbons (Fsp3) is 0.176. The quantitative estimate of drug-likeness (QED) is 0.756. The molecule has 2 heterocycles. The van der Waals surface area contributed by atoms with E-state index in [9.17, 15) is 4.79 Å². The van der Waals surface area contributed by atoms with Crippen LogP contribution < -0.4 is 5.32 Å². The van der Waals surface area contributed by atoms with Gasteiger partial charge in [0.05, 0.1) is 6.54 Å². The van der Waals surface area contributed by atoms with Crippen molar-refractivity contribution in [3.63, 3.8) is 0 Å². The van der Waals surface area contributed by atoms with Crippen LogP contribution in [0, 0.1) is 0 Å². The molecule has 0 bridgehead atoms. The molecule has 112 valence electrons. The van der Waals surface area contributed by atoms with Crippen LogP contribution in [-0.4, -0.2) is 15.7 Å². The van der Waals surface area contributed by atoms with Crippen molar-refractivity contribution in [3.05, 3.63) is 70.7 Å². The van der Waals surface area contributed by atoms with Crippen molar-refractivity contribution < 1.29 is 4.79 Å². The molecule has 1 N–H and O–H groups in total. The molecule has 0 radical (unpaired) electrons. The van der Waals surface area contributed by atoms with E-state index in [1.807, 2.05) is 52.7 Å². The molecule has 1 aromatic carbocycles. The second-order valence-electron chi connectivity index (χ2n) is 4.99. The number of hydrogen-bond acceptors (Lipinski definition) is 3. The number of thiophene rings is 1.